The number of hydrogen-bond donors (Lipinski definition) is 2. The minimum absolute atomic E-state index is 0.154. The number of aryl methyl sites for hydroxylation is 1. The van der Waals surface area contributed by atoms with Gasteiger partial charge in [-0.3, -0.25) is 14.5 Å². The van der Waals surface area contributed by atoms with E-state index in [4.69, 9.17) is 4.52 Å². The minimum atomic E-state index is -3.66. The SMILES string of the molecule is Cc1noc([C@H](C)NC(=O)[C@@H](N=C2NS(=O)(=O)c3ccccc32)C(C)C)n1. The van der Waals surface area contributed by atoms with Gasteiger partial charge in [-0.05, 0) is 31.9 Å². The van der Waals surface area contributed by atoms with Gasteiger partial charge in [0.1, 0.15) is 17.9 Å². The summed E-state index contributed by atoms with van der Waals surface area (Å²) in [5, 5.41) is 6.50. The zero-order chi connectivity index (χ0) is 19.8. The molecule has 2 N–H and O–H groups in total. The number of hydrogen-bond acceptors (Lipinski definition) is 7. The number of aromatic nitrogens is 2. The molecule has 1 aliphatic rings. The third-order valence-corrected chi connectivity index (χ3v) is 5.50. The van der Waals surface area contributed by atoms with Crippen LogP contribution in [0.4, 0.5) is 0 Å². The smallest absolute Gasteiger partial charge is 0.263 e. The van der Waals surface area contributed by atoms with E-state index in [9.17, 15) is 13.2 Å². The third kappa shape index (κ3) is 3.85. The normalized spacial score (nSPS) is 18.8. The Kier molecular flexibility index (Phi) is 5.01. The van der Waals surface area contributed by atoms with Gasteiger partial charge in [-0.15, -0.1) is 0 Å². The van der Waals surface area contributed by atoms with E-state index in [1.54, 1.807) is 32.0 Å². The van der Waals surface area contributed by atoms with E-state index in [0.29, 0.717) is 17.3 Å². The van der Waals surface area contributed by atoms with Gasteiger partial charge in [0.2, 0.25) is 11.8 Å². The lowest BCUT2D eigenvalue weighted by molar-refractivity contribution is -0.124. The predicted molar refractivity (Wildman–Crippen MR) is 97.5 cm³/mol. The van der Waals surface area contributed by atoms with E-state index < -0.39 is 22.1 Å². The Morgan fingerprint density at radius 2 is 1.96 bits per heavy atom. The molecule has 1 aromatic heterocycles. The number of aliphatic imine (C=N–C) groups is 1. The molecule has 10 heteroatoms. The molecule has 2 aromatic rings. The highest BCUT2D eigenvalue weighted by Gasteiger charge is 2.33. The molecular weight excluding hydrogens is 370 g/mol. The number of amides is 1. The Labute approximate surface area is 157 Å². The van der Waals surface area contributed by atoms with Gasteiger partial charge in [-0.25, -0.2) is 8.42 Å². The maximum absolute atomic E-state index is 12.8. The Bertz CT molecular complexity index is 996. The number of carbonyl (C=O) groups is 1. The predicted octanol–water partition coefficient (Wildman–Crippen LogP) is 1.32. The largest absolute Gasteiger partial charge is 0.343 e. The molecule has 27 heavy (non-hydrogen) atoms. The number of carbonyl (C=O) groups excluding carboxylic acids is 1. The van der Waals surface area contributed by atoms with Crippen LogP contribution in [0.1, 0.15) is 44.1 Å². The van der Waals surface area contributed by atoms with E-state index in [2.05, 4.69) is 25.2 Å². The van der Waals surface area contributed by atoms with Crippen molar-refractivity contribution in [2.24, 2.45) is 10.9 Å². The molecule has 0 aliphatic carbocycles. The zero-order valence-corrected chi connectivity index (χ0v) is 16.2. The molecule has 0 saturated carbocycles. The second kappa shape index (κ2) is 7.10. The maximum atomic E-state index is 12.8. The fraction of sp³-hybridized carbons (Fsp3) is 0.412. The number of nitrogens with zero attached hydrogens (tertiary/aromatic N) is 3. The molecule has 2 atom stereocenters. The highest BCUT2D eigenvalue weighted by molar-refractivity contribution is 7.90. The van der Waals surface area contributed by atoms with Crippen molar-refractivity contribution in [1.82, 2.24) is 20.2 Å². The average molecular weight is 391 g/mol. The maximum Gasteiger partial charge on any atom is 0.263 e. The molecule has 0 bridgehead atoms. The van der Waals surface area contributed by atoms with Crippen LogP contribution in [0.25, 0.3) is 0 Å². The molecular formula is C17H21N5O4S. The fourth-order valence-electron chi connectivity index (χ4n) is 2.73. The van der Waals surface area contributed by atoms with Crippen molar-refractivity contribution in [3.63, 3.8) is 0 Å². The summed E-state index contributed by atoms with van der Waals surface area (Å²) in [7, 11) is -3.66. The molecule has 144 valence electrons. The Hall–Kier alpha value is -2.75. The van der Waals surface area contributed by atoms with Crippen LogP contribution in [0.2, 0.25) is 0 Å². The second-order valence-electron chi connectivity index (χ2n) is 6.68. The van der Waals surface area contributed by atoms with Crippen LogP contribution in [0.5, 0.6) is 0 Å². The number of rotatable bonds is 5. The standard InChI is InChI=1S/C17H21N5O4S/c1-9(2)14(16(23)18-10(3)17-19-11(4)21-26-17)20-15-12-7-5-6-8-13(12)27(24,25)22-15/h5-10,14H,1-4H3,(H,18,23)(H,20,22)/t10-,14-/m0/s1. The summed E-state index contributed by atoms with van der Waals surface area (Å²) in [6.45, 7) is 7.09. The van der Waals surface area contributed by atoms with Gasteiger partial charge < -0.3 is 9.84 Å². The third-order valence-electron chi connectivity index (χ3n) is 4.10. The van der Waals surface area contributed by atoms with Gasteiger partial charge in [0.25, 0.3) is 10.0 Å². The molecule has 1 aliphatic heterocycles. The average Bonchev–Trinajstić information content (AvgIpc) is 3.14. The molecule has 3 rings (SSSR count). The fourth-order valence-corrected chi connectivity index (χ4v) is 3.97. The number of benzene rings is 1. The van der Waals surface area contributed by atoms with Crippen molar-refractivity contribution in [1.29, 1.82) is 0 Å². The van der Waals surface area contributed by atoms with E-state index >= 15 is 0 Å². The molecule has 2 heterocycles. The summed E-state index contributed by atoms with van der Waals surface area (Å²) in [4.78, 5) is 21.4. The number of amidine groups is 1. The Morgan fingerprint density at radius 3 is 2.59 bits per heavy atom. The van der Waals surface area contributed by atoms with Crippen LogP contribution >= 0.6 is 0 Å². The van der Waals surface area contributed by atoms with Gasteiger partial charge in [-0.2, -0.15) is 4.98 Å². The van der Waals surface area contributed by atoms with Crippen LogP contribution in [0.15, 0.2) is 38.7 Å². The lowest BCUT2D eigenvalue weighted by atomic mass is 10.0. The number of fused-ring (bicyclic) bond motifs is 1. The van der Waals surface area contributed by atoms with Gasteiger partial charge in [0.05, 0.1) is 4.90 Å². The van der Waals surface area contributed by atoms with E-state index in [1.165, 1.54) is 6.07 Å². The summed E-state index contributed by atoms with van der Waals surface area (Å²) < 4.78 is 32.0. The van der Waals surface area contributed by atoms with Gasteiger partial charge >= 0.3 is 0 Å². The quantitative estimate of drug-likeness (QED) is 0.791. The Morgan fingerprint density at radius 1 is 1.26 bits per heavy atom. The topological polar surface area (TPSA) is 127 Å². The second-order valence-corrected chi connectivity index (χ2v) is 8.33. The summed E-state index contributed by atoms with van der Waals surface area (Å²) in [6, 6.07) is 5.24. The van der Waals surface area contributed by atoms with Crippen LogP contribution in [0, 0.1) is 12.8 Å². The van der Waals surface area contributed by atoms with E-state index in [-0.39, 0.29) is 22.6 Å². The number of nitrogens with one attached hydrogen (secondary N) is 2. The minimum Gasteiger partial charge on any atom is -0.343 e. The lowest BCUT2D eigenvalue weighted by Crippen LogP contribution is -2.39. The highest BCUT2D eigenvalue weighted by atomic mass is 32.2. The first-order valence-electron chi connectivity index (χ1n) is 8.49. The monoisotopic (exact) mass is 391 g/mol. The van der Waals surface area contributed by atoms with Gasteiger partial charge in [0, 0.05) is 5.56 Å². The van der Waals surface area contributed by atoms with E-state index in [1.807, 2.05) is 13.8 Å². The molecule has 0 spiro atoms. The van der Waals surface area contributed by atoms with Crippen LogP contribution in [0.3, 0.4) is 0 Å². The first-order valence-corrected chi connectivity index (χ1v) is 9.98. The van der Waals surface area contributed by atoms with Gasteiger partial charge in [0.15, 0.2) is 5.82 Å². The molecule has 9 nitrogen and oxygen atoms in total. The first-order chi connectivity index (χ1) is 12.7. The summed E-state index contributed by atoms with van der Waals surface area (Å²) in [5.74, 6) is 0.420. The molecule has 0 radical (unpaired) electrons. The summed E-state index contributed by atoms with van der Waals surface area (Å²) in [5.41, 5.74) is 0.455. The van der Waals surface area contributed by atoms with Crippen LogP contribution < -0.4 is 10.0 Å². The summed E-state index contributed by atoms with van der Waals surface area (Å²) in [6.07, 6.45) is 0. The lowest BCUT2D eigenvalue weighted by Gasteiger charge is -2.19. The van der Waals surface area contributed by atoms with E-state index in [0.717, 1.165) is 0 Å². The van der Waals surface area contributed by atoms with Gasteiger partial charge in [-0.1, -0.05) is 31.1 Å². The van der Waals surface area contributed by atoms with Crippen molar-refractivity contribution >= 4 is 21.8 Å². The van der Waals surface area contributed by atoms with Crippen molar-refractivity contribution < 1.29 is 17.7 Å². The molecule has 1 aromatic carbocycles. The Balaban J connectivity index is 1.86. The molecule has 0 saturated heterocycles. The first kappa shape index (κ1) is 19.0. The van der Waals surface area contributed by atoms with Crippen molar-refractivity contribution in [2.75, 3.05) is 0 Å². The number of sulfonamides is 1. The molecule has 0 unspecified atom stereocenters. The zero-order valence-electron chi connectivity index (χ0n) is 15.4. The van der Waals surface area contributed by atoms with Crippen molar-refractivity contribution in [2.45, 2.75) is 44.7 Å². The summed E-state index contributed by atoms with van der Waals surface area (Å²) >= 11 is 0. The van der Waals surface area contributed by atoms with Crippen LogP contribution in [-0.4, -0.2) is 36.3 Å². The molecule has 0 fully saturated rings. The van der Waals surface area contributed by atoms with Crippen molar-refractivity contribution in [3.8, 4) is 0 Å². The highest BCUT2D eigenvalue weighted by Crippen LogP contribution is 2.23. The molecule has 1 amide bonds. The van der Waals surface area contributed by atoms with Crippen molar-refractivity contribution in [3.05, 3.63) is 41.5 Å². The van der Waals surface area contributed by atoms with Crippen LogP contribution in [-0.2, 0) is 14.8 Å².